The Morgan fingerprint density at radius 3 is 2.81 bits per heavy atom. The fraction of sp³-hybridized carbons (Fsp3) is 0.0909. The van der Waals surface area contributed by atoms with Crippen molar-refractivity contribution in [1.82, 2.24) is 5.43 Å². The fourth-order valence-corrected chi connectivity index (χ4v) is 2.53. The summed E-state index contributed by atoms with van der Waals surface area (Å²) in [4.78, 5) is 0. The molecule has 0 aliphatic heterocycles. The Bertz CT molecular complexity index is 473. The molecule has 1 aromatic heterocycles. The molecular formula is C11H10BrIN2O. The summed E-state index contributed by atoms with van der Waals surface area (Å²) in [6.45, 7) is 0. The Morgan fingerprint density at radius 2 is 2.19 bits per heavy atom. The van der Waals surface area contributed by atoms with Crippen LogP contribution in [0.3, 0.4) is 0 Å². The summed E-state index contributed by atoms with van der Waals surface area (Å²) in [6, 6.07) is 7.97. The number of rotatable bonds is 3. The van der Waals surface area contributed by atoms with Crippen LogP contribution in [0.25, 0.3) is 0 Å². The Balaban J connectivity index is 2.44. The van der Waals surface area contributed by atoms with Crippen molar-refractivity contribution < 1.29 is 4.42 Å². The maximum Gasteiger partial charge on any atom is 0.0954 e. The number of hydrogen-bond acceptors (Lipinski definition) is 3. The third-order valence-corrected chi connectivity index (χ3v) is 3.71. The van der Waals surface area contributed by atoms with Gasteiger partial charge in [0.2, 0.25) is 0 Å². The number of hydrazine groups is 1. The molecule has 5 heteroatoms. The average Bonchev–Trinajstić information content (AvgIpc) is 2.78. The molecule has 0 amide bonds. The monoisotopic (exact) mass is 392 g/mol. The molecule has 2 rings (SSSR count). The van der Waals surface area contributed by atoms with Crippen molar-refractivity contribution in [2.75, 3.05) is 0 Å². The van der Waals surface area contributed by atoms with E-state index in [-0.39, 0.29) is 6.04 Å². The predicted molar refractivity (Wildman–Crippen MR) is 74.7 cm³/mol. The molecule has 0 spiro atoms. The predicted octanol–water partition coefficient (Wildman–Crippen LogP) is 3.20. The van der Waals surface area contributed by atoms with E-state index >= 15 is 0 Å². The van der Waals surface area contributed by atoms with Crippen LogP contribution >= 0.6 is 38.5 Å². The summed E-state index contributed by atoms with van der Waals surface area (Å²) in [5.74, 6) is 5.60. The minimum absolute atomic E-state index is 0.0668. The minimum Gasteiger partial charge on any atom is -0.472 e. The van der Waals surface area contributed by atoms with Crippen LogP contribution in [-0.2, 0) is 0 Å². The Hall–Kier alpha value is -0.370. The van der Waals surface area contributed by atoms with Gasteiger partial charge in [0.15, 0.2) is 0 Å². The van der Waals surface area contributed by atoms with E-state index in [1.54, 1.807) is 12.5 Å². The van der Waals surface area contributed by atoms with Crippen molar-refractivity contribution in [3.63, 3.8) is 0 Å². The summed E-state index contributed by atoms with van der Waals surface area (Å²) >= 11 is 5.80. The number of nitrogens with two attached hydrogens (primary N) is 1. The van der Waals surface area contributed by atoms with Gasteiger partial charge >= 0.3 is 0 Å². The standard InChI is InChI=1S/C11H10BrIN2O/c12-10-2-1-8(13)5-9(10)11(15-14)7-3-4-16-6-7/h1-6,11,15H,14H2. The second-order valence-electron chi connectivity index (χ2n) is 3.32. The maximum atomic E-state index is 5.60. The van der Waals surface area contributed by atoms with E-state index in [0.717, 1.165) is 15.6 Å². The van der Waals surface area contributed by atoms with Crippen molar-refractivity contribution in [2.24, 2.45) is 5.84 Å². The molecule has 0 bridgehead atoms. The molecular weight excluding hydrogens is 383 g/mol. The first-order chi connectivity index (χ1) is 7.72. The highest BCUT2D eigenvalue weighted by atomic mass is 127. The van der Waals surface area contributed by atoms with E-state index < -0.39 is 0 Å². The SMILES string of the molecule is NNC(c1ccoc1)c1cc(I)ccc1Br. The highest BCUT2D eigenvalue weighted by molar-refractivity contribution is 14.1. The molecule has 0 radical (unpaired) electrons. The summed E-state index contributed by atoms with van der Waals surface area (Å²) < 4.78 is 7.27. The summed E-state index contributed by atoms with van der Waals surface area (Å²) in [6.07, 6.45) is 3.33. The molecule has 0 aliphatic rings. The first kappa shape index (κ1) is 12.1. The number of nitrogens with one attached hydrogen (secondary N) is 1. The molecule has 3 N–H and O–H groups in total. The van der Waals surface area contributed by atoms with Gasteiger partial charge in [-0.3, -0.25) is 5.84 Å². The molecule has 84 valence electrons. The number of benzene rings is 1. The van der Waals surface area contributed by atoms with Gasteiger partial charge in [-0.2, -0.15) is 0 Å². The molecule has 1 aromatic carbocycles. The van der Waals surface area contributed by atoms with Crippen LogP contribution in [0, 0.1) is 3.57 Å². The van der Waals surface area contributed by atoms with Gasteiger partial charge in [0.1, 0.15) is 0 Å². The minimum atomic E-state index is -0.0668. The molecule has 0 saturated carbocycles. The van der Waals surface area contributed by atoms with Crippen LogP contribution in [0.15, 0.2) is 45.7 Å². The first-order valence-corrected chi connectivity index (χ1v) is 6.52. The summed E-state index contributed by atoms with van der Waals surface area (Å²) in [7, 11) is 0. The molecule has 0 saturated heterocycles. The number of halogens is 2. The van der Waals surface area contributed by atoms with Gasteiger partial charge in [-0.25, -0.2) is 5.43 Å². The molecule has 0 aliphatic carbocycles. The van der Waals surface area contributed by atoms with Crippen LogP contribution < -0.4 is 11.3 Å². The number of furan rings is 1. The third-order valence-electron chi connectivity index (χ3n) is 2.31. The van der Waals surface area contributed by atoms with Gasteiger partial charge in [-0.15, -0.1) is 0 Å². The highest BCUT2D eigenvalue weighted by Gasteiger charge is 2.16. The zero-order valence-corrected chi connectivity index (χ0v) is 12.0. The fourth-order valence-electron chi connectivity index (χ4n) is 1.54. The normalized spacial score (nSPS) is 12.7. The van der Waals surface area contributed by atoms with E-state index in [9.17, 15) is 0 Å². The molecule has 1 heterocycles. The van der Waals surface area contributed by atoms with Crippen LogP contribution in [0.5, 0.6) is 0 Å². The molecule has 2 aromatic rings. The van der Waals surface area contributed by atoms with Crippen molar-refractivity contribution in [2.45, 2.75) is 6.04 Å². The second kappa shape index (κ2) is 5.31. The quantitative estimate of drug-likeness (QED) is 0.479. The van der Waals surface area contributed by atoms with E-state index in [0.29, 0.717) is 0 Å². The highest BCUT2D eigenvalue weighted by Crippen LogP contribution is 2.29. The van der Waals surface area contributed by atoms with E-state index in [4.69, 9.17) is 10.3 Å². The van der Waals surface area contributed by atoms with Crippen molar-refractivity contribution in [1.29, 1.82) is 0 Å². The van der Waals surface area contributed by atoms with Crippen LogP contribution in [-0.4, -0.2) is 0 Å². The number of hydrogen-bond donors (Lipinski definition) is 2. The van der Waals surface area contributed by atoms with Crippen molar-refractivity contribution in [3.05, 3.63) is 56.0 Å². The van der Waals surface area contributed by atoms with Gasteiger partial charge in [0.05, 0.1) is 18.6 Å². The Morgan fingerprint density at radius 1 is 1.38 bits per heavy atom. The van der Waals surface area contributed by atoms with Crippen molar-refractivity contribution >= 4 is 38.5 Å². The zero-order chi connectivity index (χ0) is 11.5. The van der Waals surface area contributed by atoms with E-state index in [1.165, 1.54) is 3.57 Å². The van der Waals surface area contributed by atoms with E-state index in [1.807, 2.05) is 18.2 Å². The lowest BCUT2D eigenvalue weighted by molar-refractivity contribution is 0.553. The average molecular weight is 393 g/mol. The van der Waals surface area contributed by atoms with Gasteiger partial charge in [-0.1, -0.05) is 15.9 Å². The van der Waals surface area contributed by atoms with Crippen LogP contribution in [0.1, 0.15) is 17.2 Å². The molecule has 1 unspecified atom stereocenters. The van der Waals surface area contributed by atoms with Gasteiger partial charge < -0.3 is 4.42 Å². The van der Waals surface area contributed by atoms with Crippen LogP contribution in [0.4, 0.5) is 0 Å². The molecule has 0 fully saturated rings. The van der Waals surface area contributed by atoms with Gasteiger partial charge in [0, 0.05) is 13.6 Å². The summed E-state index contributed by atoms with van der Waals surface area (Å²) in [5, 5.41) is 0. The zero-order valence-electron chi connectivity index (χ0n) is 8.28. The van der Waals surface area contributed by atoms with Crippen molar-refractivity contribution in [3.8, 4) is 0 Å². The lowest BCUT2D eigenvalue weighted by atomic mass is 10.0. The van der Waals surface area contributed by atoms with Crippen LogP contribution in [0.2, 0.25) is 0 Å². The second-order valence-corrected chi connectivity index (χ2v) is 5.42. The topological polar surface area (TPSA) is 51.2 Å². The van der Waals surface area contributed by atoms with E-state index in [2.05, 4.69) is 50.0 Å². The Kier molecular flexibility index (Phi) is 4.01. The summed E-state index contributed by atoms with van der Waals surface area (Å²) in [5.41, 5.74) is 4.89. The third kappa shape index (κ3) is 2.48. The first-order valence-electron chi connectivity index (χ1n) is 4.65. The maximum absolute atomic E-state index is 5.60. The Labute approximate surface area is 116 Å². The molecule has 16 heavy (non-hydrogen) atoms. The lowest BCUT2D eigenvalue weighted by Crippen LogP contribution is -2.28. The van der Waals surface area contributed by atoms with Gasteiger partial charge in [-0.05, 0) is 52.4 Å². The molecule has 3 nitrogen and oxygen atoms in total. The van der Waals surface area contributed by atoms with Gasteiger partial charge in [0.25, 0.3) is 0 Å². The largest absolute Gasteiger partial charge is 0.472 e. The molecule has 1 atom stereocenters. The smallest absolute Gasteiger partial charge is 0.0954 e. The lowest BCUT2D eigenvalue weighted by Gasteiger charge is -2.16.